The van der Waals surface area contributed by atoms with Crippen LogP contribution < -0.4 is 0 Å². The summed E-state index contributed by atoms with van der Waals surface area (Å²) in [6, 6.07) is 10.0. The number of hydrogen-bond acceptors (Lipinski definition) is 3. The van der Waals surface area contributed by atoms with Crippen LogP contribution in [-0.4, -0.2) is 41.7 Å². The first-order chi connectivity index (χ1) is 9.91. The van der Waals surface area contributed by atoms with Crippen molar-refractivity contribution >= 4 is 5.91 Å². The van der Waals surface area contributed by atoms with Crippen molar-refractivity contribution in [3.8, 4) is 0 Å². The Morgan fingerprint density at radius 3 is 2.52 bits per heavy atom. The molecule has 1 aromatic rings. The Hall–Kier alpha value is -1.39. The largest absolute Gasteiger partial charge is 0.396 e. The maximum atomic E-state index is 12.2. The van der Waals surface area contributed by atoms with E-state index in [4.69, 9.17) is 9.84 Å². The van der Waals surface area contributed by atoms with Gasteiger partial charge in [-0.3, -0.25) is 4.79 Å². The van der Waals surface area contributed by atoms with Crippen molar-refractivity contribution in [2.24, 2.45) is 5.41 Å². The van der Waals surface area contributed by atoms with Gasteiger partial charge in [0.05, 0.1) is 19.3 Å². The summed E-state index contributed by atoms with van der Waals surface area (Å²) in [4.78, 5) is 14.0. The third-order valence-electron chi connectivity index (χ3n) is 3.92. The molecule has 21 heavy (non-hydrogen) atoms. The SMILES string of the molecule is CC(C)(C)[C@H]1CN(C(=O)CCO)C[C@@H](c2ccccc2)O1. The van der Waals surface area contributed by atoms with E-state index in [0.29, 0.717) is 13.1 Å². The van der Waals surface area contributed by atoms with Gasteiger partial charge in [0, 0.05) is 13.0 Å². The number of amides is 1. The van der Waals surface area contributed by atoms with Crippen LogP contribution in [0.1, 0.15) is 38.9 Å². The molecule has 1 N–H and O–H groups in total. The second kappa shape index (κ2) is 6.58. The third-order valence-corrected chi connectivity index (χ3v) is 3.92. The van der Waals surface area contributed by atoms with Crippen LogP contribution in [-0.2, 0) is 9.53 Å². The highest BCUT2D eigenvalue weighted by Crippen LogP contribution is 2.33. The van der Waals surface area contributed by atoms with Gasteiger partial charge in [0.2, 0.25) is 5.91 Å². The molecular formula is C17H25NO3. The Morgan fingerprint density at radius 2 is 1.95 bits per heavy atom. The summed E-state index contributed by atoms with van der Waals surface area (Å²) in [7, 11) is 0. The summed E-state index contributed by atoms with van der Waals surface area (Å²) in [5.74, 6) is -0.00372. The van der Waals surface area contributed by atoms with Crippen LogP contribution in [0.15, 0.2) is 30.3 Å². The first kappa shape index (κ1) is 16.0. The normalized spacial score (nSPS) is 23.1. The molecule has 0 bridgehead atoms. The highest BCUT2D eigenvalue weighted by atomic mass is 16.5. The summed E-state index contributed by atoms with van der Waals surface area (Å²) >= 11 is 0. The molecule has 4 heteroatoms. The molecule has 0 aromatic heterocycles. The molecule has 0 radical (unpaired) electrons. The van der Waals surface area contributed by atoms with Crippen LogP contribution in [0.2, 0.25) is 0 Å². The number of hydrogen-bond donors (Lipinski definition) is 1. The lowest BCUT2D eigenvalue weighted by Crippen LogP contribution is -2.51. The highest BCUT2D eigenvalue weighted by Gasteiger charge is 2.37. The van der Waals surface area contributed by atoms with E-state index in [1.54, 1.807) is 0 Å². The number of nitrogens with zero attached hydrogens (tertiary/aromatic N) is 1. The molecule has 0 spiro atoms. The first-order valence-corrected chi connectivity index (χ1v) is 7.51. The molecule has 4 nitrogen and oxygen atoms in total. The van der Waals surface area contributed by atoms with Gasteiger partial charge in [-0.25, -0.2) is 0 Å². The number of carbonyl (C=O) groups is 1. The highest BCUT2D eigenvalue weighted by molar-refractivity contribution is 5.76. The molecule has 1 heterocycles. The molecule has 2 rings (SSSR count). The van der Waals surface area contributed by atoms with Crippen molar-refractivity contribution in [1.82, 2.24) is 4.90 Å². The van der Waals surface area contributed by atoms with Crippen LogP contribution in [0, 0.1) is 5.41 Å². The number of morpholine rings is 1. The van der Waals surface area contributed by atoms with E-state index in [1.807, 2.05) is 35.2 Å². The van der Waals surface area contributed by atoms with E-state index in [1.165, 1.54) is 0 Å². The zero-order valence-corrected chi connectivity index (χ0v) is 13.1. The van der Waals surface area contributed by atoms with E-state index >= 15 is 0 Å². The maximum Gasteiger partial charge on any atom is 0.225 e. The Bertz CT molecular complexity index is 467. The van der Waals surface area contributed by atoms with E-state index in [0.717, 1.165) is 5.56 Å². The maximum absolute atomic E-state index is 12.2. The zero-order chi connectivity index (χ0) is 15.5. The molecule has 1 saturated heterocycles. The van der Waals surface area contributed by atoms with Crippen LogP contribution in [0.3, 0.4) is 0 Å². The minimum Gasteiger partial charge on any atom is -0.396 e. The van der Waals surface area contributed by atoms with Crippen molar-refractivity contribution in [3.63, 3.8) is 0 Å². The molecule has 0 unspecified atom stereocenters. The molecule has 1 aliphatic rings. The predicted octanol–water partition coefficient (Wildman–Crippen LogP) is 2.38. The van der Waals surface area contributed by atoms with Gasteiger partial charge in [-0.15, -0.1) is 0 Å². The summed E-state index contributed by atoms with van der Waals surface area (Å²) in [6.07, 6.45) is 0.0594. The van der Waals surface area contributed by atoms with Gasteiger partial charge in [-0.2, -0.15) is 0 Å². The topological polar surface area (TPSA) is 49.8 Å². The van der Waals surface area contributed by atoms with Gasteiger partial charge in [-0.1, -0.05) is 51.1 Å². The monoisotopic (exact) mass is 291 g/mol. The average Bonchev–Trinajstić information content (AvgIpc) is 2.47. The minimum atomic E-state index is -0.105. The van der Waals surface area contributed by atoms with E-state index in [-0.39, 0.29) is 36.6 Å². The summed E-state index contributed by atoms with van der Waals surface area (Å²) < 4.78 is 6.24. The number of ether oxygens (including phenoxy) is 1. The Morgan fingerprint density at radius 1 is 1.29 bits per heavy atom. The lowest BCUT2D eigenvalue weighted by Gasteiger charge is -2.43. The van der Waals surface area contributed by atoms with Crippen LogP contribution >= 0.6 is 0 Å². The molecule has 0 aliphatic carbocycles. The van der Waals surface area contributed by atoms with Gasteiger partial charge in [0.1, 0.15) is 6.10 Å². The summed E-state index contributed by atoms with van der Waals surface area (Å²) in [6.45, 7) is 7.41. The molecule has 1 aliphatic heterocycles. The number of benzene rings is 1. The van der Waals surface area contributed by atoms with Crippen molar-refractivity contribution < 1.29 is 14.6 Å². The molecular weight excluding hydrogens is 266 g/mol. The van der Waals surface area contributed by atoms with Gasteiger partial charge in [0.15, 0.2) is 0 Å². The Labute approximate surface area is 126 Å². The molecule has 0 saturated carbocycles. The number of aliphatic hydroxyl groups is 1. The van der Waals surface area contributed by atoms with Gasteiger partial charge in [0.25, 0.3) is 0 Å². The summed E-state index contributed by atoms with van der Waals surface area (Å²) in [5.41, 5.74) is 1.05. The fourth-order valence-electron chi connectivity index (χ4n) is 2.55. The second-order valence-corrected chi connectivity index (χ2v) is 6.66. The minimum absolute atomic E-state index is 0.00372. The van der Waals surface area contributed by atoms with Crippen LogP contribution in [0.5, 0.6) is 0 Å². The lowest BCUT2D eigenvalue weighted by molar-refractivity contribution is -0.157. The molecule has 1 aromatic carbocycles. The van der Waals surface area contributed by atoms with Crippen molar-refractivity contribution in [2.75, 3.05) is 19.7 Å². The van der Waals surface area contributed by atoms with Crippen molar-refractivity contribution in [2.45, 2.75) is 39.4 Å². The molecule has 1 amide bonds. The number of rotatable bonds is 3. The Balaban J connectivity index is 2.20. The second-order valence-electron chi connectivity index (χ2n) is 6.66. The van der Waals surface area contributed by atoms with Crippen LogP contribution in [0.4, 0.5) is 0 Å². The number of carbonyl (C=O) groups excluding carboxylic acids is 1. The predicted molar refractivity (Wildman–Crippen MR) is 81.8 cm³/mol. The smallest absolute Gasteiger partial charge is 0.225 e. The Kier molecular flexibility index (Phi) is 5.01. The third kappa shape index (κ3) is 4.05. The van der Waals surface area contributed by atoms with Gasteiger partial charge in [-0.05, 0) is 11.0 Å². The fourth-order valence-corrected chi connectivity index (χ4v) is 2.55. The van der Waals surface area contributed by atoms with E-state index in [9.17, 15) is 4.79 Å². The van der Waals surface area contributed by atoms with Crippen molar-refractivity contribution in [3.05, 3.63) is 35.9 Å². The standard InChI is InChI=1S/C17H25NO3/c1-17(2,3)15-12-18(16(20)9-10-19)11-14(21-15)13-7-5-4-6-8-13/h4-8,14-15,19H,9-12H2,1-3H3/t14-,15+/m0/s1. The zero-order valence-electron chi connectivity index (χ0n) is 13.1. The fraction of sp³-hybridized carbons (Fsp3) is 0.588. The lowest BCUT2D eigenvalue weighted by atomic mass is 9.87. The number of aliphatic hydroxyl groups excluding tert-OH is 1. The van der Waals surface area contributed by atoms with Gasteiger partial charge < -0.3 is 14.7 Å². The summed E-state index contributed by atoms with van der Waals surface area (Å²) in [5, 5.41) is 9.00. The quantitative estimate of drug-likeness (QED) is 0.930. The molecule has 116 valence electrons. The molecule has 1 fully saturated rings. The first-order valence-electron chi connectivity index (χ1n) is 7.51. The van der Waals surface area contributed by atoms with E-state index < -0.39 is 0 Å². The van der Waals surface area contributed by atoms with Gasteiger partial charge >= 0.3 is 0 Å². The average molecular weight is 291 g/mol. The van der Waals surface area contributed by atoms with Crippen LogP contribution in [0.25, 0.3) is 0 Å². The van der Waals surface area contributed by atoms with E-state index in [2.05, 4.69) is 20.8 Å². The molecule has 2 atom stereocenters. The van der Waals surface area contributed by atoms with Crippen molar-refractivity contribution in [1.29, 1.82) is 0 Å².